The van der Waals surface area contributed by atoms with E-state index < -0.39 is 5.60 Å². The van der Waals surface area contributed by atoms with E-state index in [1.54, 1.807) is 0 Å². The molecule has 0 N–H and O–H groups in total. The van der Waals surface area contributed by atoms with Gasteiger partial charge in [0.25, 0.3) is 0 Å². The standard InChI is InChI=1S/C15H25NO3/c1-15(2,3)19-14(18)16-8-6-11-4-5-13(17)10-12(11)7-9-16/h11-12H,4-10H2,1-3H3. The molecule has 1 aliphatic carbocycles. The third-order valence-electron chi connectivity index (χ3n) is 4.14. The summed E-state index contributed by atoms with van der Waals surface area (Å²) < 4.78 is 5.43. The molecule has 0 aromatic carbocycles. The number of carbonyl (C=O) groups excluding carboxylic acids is 2. The lowest BCUT2D eigenvalue weighted by atomic mass is 9.76. The van der Waals surface area contributed by atoms with Gasteiger partial charge < -0.3 is 9.64 Å². The molecule has 0 radical (unpaired) electrons. The van der Waals surface area contributed by atoms with Gasteiger partial charge in [-0.25, -0.2) is 4.79 Å². The fourth-order valence-corrected chi connectivity index (χ4v) is 3.13. The van der Waals surface area contributed by atoms with Crippen molar-refractivity contribution in [2.45, 2.75) is 58.5 Å². The third-order valence-corrected chi connectivity index (χ3v) is 4.14. The first kappa shape index (κ1) is 14.4. The number of carbonyl (C=O) groups is 2. The highest BCUT2D eigenvalue weighted by Crippen LogP contribution is 2.35. The molecular formula is C15H25NO3. The van der Waals surface area contributed by atoms with Gasteiger partial charge in [0.2, 0.25) is 0 Å². The SMILES string of the molecule is CC(C)(C)OC(=O)N1CCC2CCC(=O)CC2CC1. The van der Waals surface area contributed by atoms with E-state index in [2.05, 4.69) is 0 Å². The lowest BCUT2D eigenvalue weighted by Crippen LogP contribution is -2.37. The molecule has 1 saturated heterocycles. The lowest BCUT2D eigenvalue weighted by molar-refractivity contribution is -0.122. The van der Waals surface area contributed by atoms with Gasteiger partial charge in [0.05, 0.1) is 0 Å². The number of ketones is 1. The zero-order valence-corrected chi connectivity index (χ0v) is 12.3. The summed E-state index contributed by atoms with van der Waals surface area (Å²) in [6, 6.07) is 0. The summed E-state index contributed by atoms with van der Waals surface area (Å²) in [5, 5.41) is 0. The van der Waals surface area contributed by atoms with Crippen LogP contribution in [0.1, 0.15) is 52.9 Å². The number of rotatable bonds is 0. The first-order valence-electron chi connectivity index (χ1n) is 7.35. The molecule has 0 bridgehead atoms. The molecule has 2 atom stereocenters. The van der Waals surface area contributed by atoms with Crippen molar-refractivity contribution < 1.29 is 14.3 Å². The van der Waals surface area contributed by atoms with Crippen molar-refractivity contribution >= 4 is 11.9 Å². The van der Waals surface area contributed by atoms with Gasteiger partial charge in [-0.1, -0.05) is 0 Å². The van der Waals surface area contributed by atoms with Gasteiger partial charge in [-0.15, -0.1) is 0 Å². The van der Waals surface area contributed by atoms with Crippen molar-refractivity contribution in [2.75, 3.05) is 13.1 Å². The van der Waals surface area contributed by atoms with Crippen LogP contribution in [0.4, 0.5) is 4.79 Å². The molecule has 0 aromatic rings. The topological polar surface area (TPSA) is 46.6 Å². The van der Waals surface area contributed by atoms with Gasteiger partial charge in [0, 0.05) is 25.9 Å². The minimum Gasteiger partial charge on any atom is -0.444 e. The summed E-state index contributed by atoms with van der Waals surface area (Å²) in [6.07, 6.45) is 4.19. The van der Waals surface area contributed by atoms with E-state index in [1.807, 2.05) is 25.7 Å². The summed E-state index contributed by atoms with van der Waals surface area (Å²) in [7, 11) is 0. The molecule has 0 aromatic heterocycles. The molecule has 1 heterocycles. The number of Topliss-reactive ketones (excluding diaryl/α,β-unsaturated/α-hetero) is 1. The van der Waals surface area contributed by atoms with E-state index in [4.69, 9.17) is 4.74 Å². The summed E-state index contributed by atoms with van der Waals surface area (Å²) >= 11 is 0. The maximum atomic E-state index is 12.1. The van der Waals surface area contributed by atoms with Crippen molar-refractivity contribution in [2.24, 2.45) is 11.8 Å². The lowest BCUT2D eigenvalue weighted by Gasteiger charge is -2.28. The van der Waals surface area contributed by atoms with E-state index in [0.29, 0.717) is 24.0 Å². The van der Waals surface area contributed by atoms with E-state index in [0.717, 1.165) is 38.8 Å². The van der Waals surface area contributed by atoms with Crippen molar-refractivity contribution in [1.82, 2.24) is 4.90 Å². The Morgan fingerprint density at radius 1 is 1.16 bits per heavy atom. The average molecular weight is 267 g/mol. The average Bonchev–Trinajstić information content (AvgIpc) is 2.48. The Morgan fingerprint density at radius 2 is 1.79 bits per heavy atom. The molecule has 2 rings (SSSR count). The Balaban J connectivity index is 1.93. The number of hydrogen-bond acceptors (Lipinski definition) is 3. The largest absolute Gasteiger partial charge is 0.444 e. The Morgan fingerprint density at radius 3 is 2.42 bits per heavy atom. The van der Waals surface area contributed by atoms with Gasteiger partial charge in [-0.3, -0.25) is 4.79 Å². The Bertz CT molecular complexity index is 359. The zero-order chi connectivity index (χ0) is 14.0. The smallest absolute Gasteiger partial charge is 0.410 e. The van der Waals surface area contributed by atoms with Gasteiger partial charge >= 0.3 is 6.09 Å². The molecule has 1 aliphatic heterocycles. The number of amides is 1. The molecule has 0 spiro atoms. The summed E-state index contributed by atoms with van der Waals surface area (Å²) in [5.41, 5.74) is -0.438. The maximum Gasteiger partial charge on any atom is 0.410 e. The molecule has 2 fully saturated rings. The highest BCUT2D eigenvalue weighted by molar-refractivity contribution is 5.79. The van der Waals surface area contributed by atoms with Crippen molar-refractivity contribution in [3.63, 3.8) is 0 Å². The van der Waals surface area contributed by atoms with Crippen LogP contribution < -0.4 is 0 Å². The molecule has 1 amide bonds. The molecule has 19 heavy (non-hydrogen) atoms. The molecule has 2 aliphatic rings. The van der Waals surface area contributed by atoms with Gasteiger partial charge in [0.1, 0.15) is 11.4 Å². The Hall–Kier alpha value is -1.06. The second-order valence-electron chi connectivity index (χ2n) is 6.85. The molecular weight excluding hydrogens is 242 g/mol. The van der Waals surface area contributed by atoms with E-state index >= 15 is 0 Å². The first-order valence-corrected chi connectivity index (χ1v) is 7.35. The van der Waals surface area contributed by atoms with Crippen LogP contribution in [0, 0.1) is 11.8 Å². The number of ether oxygens (including phenoxy) is 1. The van der Waals surface area contributed by atoms with Crippen LogP contribution in [0.15, 0.2) is 0 Å². The van der Waals surface area contributed by atoms with Crippen LogP contribution in [-0.2, 0) is 9.53 Å². The van der Waals surface area contributed by atoms with Gasteiger partial charge in [-0.05, 0) is 51.9 Å². The third kappa shape index (κ3) is 3.95. The summed E-state index contributed by atoms with van der Waals surface area (Å²) in [4.78, 5) is 25.4. The highest BCUT2D eigenvalue weighted by atomic mass is 16.6. The molecule has 2 unspecified atom stereocenters. The normalized spacial score (nSPS) is 28.6. The molecule has 4 heteroatoms. The minimum absolute atomic E-state index is 0.211. The fraction of sp³-hybridized carbons (Fsp3) is 0.867. The second-order valence-corrected chi connectivity index (χ2v) is 6.85. The molecule has 108 valence electrons. The van der Waals surface area contributed by atoms with Gasteiger partial charge in [-0.2, -0.15) is 0 Å². The second kappa shape index (κ2) is 5.51. The van der Waals surface area contributed by atoms with Crippen molar-refractivity contribution in [1.29, 1.82) is 0 Å². The highest BCUT2D eigenvalue weighted by Gasteiger charge is 2.33. The summed E-state index contributed by atoms with van der Waals surface area (Å²) in [6.45, 7) is 7.16. The van der Waals surface area contributed by atoms with Crippen molar-refractivity contribution in [3.8, 4) is 0 Å². The molecule has 4 nitrogen and oxygen atoms in total. The monoisotopic (exact) mass is 267 g/mol. The Labute approximate surface area is 115 Å². The quantitative estimate of drug-likeness (QED) is 0.678. The van der Waals surface area contributed by atoms with Crippen LogP contribution in [0.25, 0.3) is 0 Å². The van der Waals surface area contributed by atoms with Crippen LogP contribution in [0.2, 0.25) is 0 Å². The maximum absolute atomic E-state index is 12.1. The number of fused-ring (bicyclic) bond motifs is 1. The van der Waals surface area contributed by atoms with E-state index in [1.165, 1.54) is 0 Å². The van der Waals surface area contributed by atoms with E-state index in [-0.39, 0.29) is 6.09 Å². The predicted molar refractivity (Wildman–Crippen MR) is 72.9 cm³/mol. The van der Waals surface area contributed by atoms with Crippen LogP contribution in [-0.4, -0.2) is 35.5 Å². The zero-order valence-electron chi connectivity index (χ0n) is 12.3. The van der Waals surface area contributed by atoms with Crippen molar-refractivity contribution in [3.05, 3.63) is 0 Å². The van der Waals surface area contributed by atoms with Gasteiger partial charge in [0.15, 0.2) is 0 Å². The van der Waals surface area contributed by atoms with Crippen LogP contribution >= 0.6 is 0 Å². The predicted octanol–water partition coefficient (Wildman–Crippen LogP) is 3.00. The Kier molecular flexibility index (Phi) is 4.16. The fourth-order valence-electron chi connectivity index (χ4n) is 3.13. The number of likely N-dealkylation sites (tertiary alicyclic amines) is 1. The van der Waals surface area contributed by atoms with Crippen LogP contribution in [0.3, 0.4) is 0 Å². The first-order chi connectivity index (χ1) is 8.85. The van der Waals surface area contributed by atoms with E-state index in [9.17, 15) is 9.59 Å². The summed E-state index contributed by atoms with van der Waals surface area (Å²) in [5.74, 6) is 1.49. The molecule has 1 saturated carbocycles. The number of hydrogen-bond donors (Lipinski definition) is 0. The minimum atomic E-state index is -0.438. The van der Waals surface area contributed by atoms with Crippen LogP contribution in [0.5, 0.6) is 0 Å². The number of nitrogens with zero attached hydrogens (tertiary/aromatic N) is 1.